The van der Waals surface area contributed by atoms with Gasteiger partial charge in [0.15, 0.2) is 0 Å². The molecule has 4 N–H and O–H groups in total. The van der Waals surface area contributed by atoms with Gasteiger partial charge in [0.25, 0.3) is 0 Å². The topological polar surface area (TPSA) is 110 Å². The number of alkyl halides is 1. The van der Waals surface area contributed by atoms with Crippen molar-refractivity contribution >= 4 is 11.9 Å². The summed E-state index contributed by atoms with van der Waals surface area (Å²) >= 11 is 0. The molecule has 0 aromatic heterocycles. The number of hydrogen-bond acceptors (Lipinski definition) is 4. The molecule has 0 aliphatic heterocycles. The van der Waals surface area contributed by atoms with Gasteiger partial charge in [-0.3, -0.25) is 9.59 Å². The van der Waals surface area contributed by atoms with Crippen molar-refractivity contribution in [3.05, 3.63) is 29.8 Å². The normalized spacial score (nSPS) is 13.4. The molecule has 0 bridgehead atoms. The number of carbonyl (C=O) groups is 2. The number of carboxylic acids is 2. The zero-order chi connectivity index (χ0) is 16.5. The summed E-state index contributed by atoms with van der Waals surface area (Å²) in [4.78, 5) is 21.9. The summed E-state index contributed by atoms with van der Waals surface area (Å²) in [5.74, 6) is -2.32. The maximum Gasteiger partial charge on any atom is 0.320 e. The van der Waals surface area contributed by atoms with Crippen molar-refractivity contribution in [2.24, 2.45) is 11.7 Å². The Morgan fingerprint density at radius 3 is 2.27 bits per heavy atom. The van der Waals surface area contributed by atoms with Crippen LogP contribution in [0.15, 0.2) is 24.3 Å². The van der Waals surface area contributed by atoms with E-state index in [4.69, 9.17) is 15.6 Å². The minimum absolute atomic E-state index is 0.0236. The zero-order valence-corrected chi connectivity index (χ0v) is 12.1. The number of carboxylic acid groups (broad SMARTS) is 2. The van der Waals surface area contributed by atoms with E-state index in [0.29, 0.717) is 5.75 Å². The van der Waals surface area contributed by atoms with Crippen LogP contribution in [0.3, 0.4) is 0 Å². The fourth-order valence-electron chi connectivity index (χ4n) is 1.98. The molecule has 6 nitrogen and oxygen atoms in total. The molecule has 7 heteroatoms. The highest BCUT2D eigenvalue weighted by Crippen LogP contribution is 2.18. The second-order valence-corrected chi connectivity index (χ2v) is 4.94. The van der Waals surface area contributed by atoms with Gasteiger partial charge in [0.1, 0.15) is 25.1 Å². The second kappa shape index (κ2) is 8.99. The minimum atomic E-state index is -1.14. The van der Waals surface area contributed by atoms with E-state index in [1.807, 2.05) is 0 Å². The van der Waals surface area contributed by atoms with Gasteiger partial charge in [-0.05, 0) is 37.0 Å². The van der Waals surface area contributed by atoms with E-state index < -0.39 is 30.6 Å². The molecule has 0 aliphatic carbocycles. The molecule has 0 heterocycles. The molecule has 2 atom stereocenters. The summed E-state index contributed by atoms with van der Waals surface area (Å²) in [5, 5.41) is 17.9. The maximum absolute atomic E-state index is 12.0. The molecule has 0 fully saturated rings. The van der Waals surface area contributed by atoms with Gasteiger partial charge in [0.2, 0.25) is 0 Å². The van der Waals surface area contributed by atoms with Crippen LogP contribution in [0.2, 0.25) is 0 Å². The van der Waals surface area contributed by atoms with Crippen LogP contribution in [-0.4, -0.2) is 41.5 Å². The van der Waals surface area contributed by atoms with Crippen LogP contribution in [0.25, 0.3) is 0 Å². The Morgan fingerprint density at radius 2 is 1.77 bits per heavy atom. The molecular weight excluding hydrogens is 293 g/mol. The SMILES string of the molecule is N[C@H](CCC(Cc1ccc(OCCF)cc1)C(=O)O)C(=O)O. The first-order valence-electron chi connectivity index (χ1n) is 6.93. The van der Waals surface area contributed by atoms with Crippen molar-refractivity contribution in [2.75, 3.05) is 13.3 Å². The highest BCUT2D eigenvalue weighted by atomic mass is 19.1. The summed E-state index contributed by atoms with van der Waals surface area (Å²) in [6.07, 6.45) is 0.554. The van der Waals surface area contributed by atoms with Crippen molar-refractivity contribution in [1.82, 2.24) is 0 Å². The Labute approximate surface area is 127 Å². The Balaban J connectivity index is 2.59. The molecule has 122 valence electrons. The molecule has 0 radical (unpaired) electrons. The summed E-state index contributed by atoms with van der Waals surface area (Å²) in [7, 11) is 0. The first-order chi connectivity index (χ1) is 10.4. The molecule has 0 saturated heterocycles. The summed E-state index contributed by atoms with van der Waals surface area (Å²) in [6.45, 7) is -0.600. The van der Waals surface area contributed by atoms with Gasteiger partial charge >= 0.3 is 11.9 Å². The average Bonchev–Trinajstić information content (AvgIpc) is 2.49. The van der Waals surface area contributed by atoms with E-state index in [2.05, 4.69) is 0 Å². The number of hydrogen-bond donors (Lipinski definition) is 3. The third-order valence-electron chi connectivity index (χ3n) is 3.24. The number of halogens is 1. The highest BCUT2D eigenvalue weighted by molar-refractivity contribution is 5.73. The number of benzene rings is 1. The Bertz CT molecular complexity index is 491. The quantitative estimate of drug-likeness (QED) is 0.603. The highest BCUT2D eigenvalue weighted by Gasteiger charge is 2.21. The van der Waals surface area contributed by atoms with Crippen LogP contribution in [0.5, 0.6) is 5.75 Å². The van der Waals surface area contributed by atoms with Crippen molar-refractivity contribution in [1.29, 1.82) is 0 Å². The summed E-state index contributed by atoms with van der Waals surface area (Å²) in [5.41, 5.74) is 6.17. The lowest BCUT2D eigenvalue weighted by atomic mass is 9.93. The van der Waals surface area contributed by atoms with E-state index in [-0.39, 0.29) is 25.9 Å². The second-order valence-electron chi connectivity index (χ2n) is 4.94. The monoisotopic (exact) mass is 313 g/mol. The van der Waals surface area contributed by atoms with E-state index in [0.717, 1.165) is 5.56 Å². The third kappa shape index (κ3) is 6.09. The van der Waals surface area contributed by atoms with E-state index in [1.165, 1.54) is 0 Å². The van der Waals surface area contributed by atoms with E-state index >= 15 is 0 Å². The molecule has 1 rings (SSSR count). The van der Waals surface area contributed by atoms with Gasteiger partial charge in [-0.2, -0.15) is 0 Å². The molecule has 0 aliphatic rings. The van der Waals surface area contributed by atoms with E-state index in [9.17, 15) is 19.1 Å². The predicted molar refractivity (Wildman–Crippen MR) is 77.6 cm³/mol. The summed E-state index contributed by atoms with van der Waals surface area (Å²) < 4.78 is 17.1. The average molecular weight is 313 g/mol. The summed E-state index contributed by atoms with van der Waals surface area (Å²) in [6, 6.07) is 5.65. The lowest BCUT2D eigenvalue weighted by molar-refractivity contribution is -0.143. The van der Waals surface area contributed by atoms with Gasteiger partial charge < -0.3 is 20.7 Å². The van der Waals surface area contributed by atoms with Crippen molar-refractivity contribution in [3.63, 3.8) is 0 Å². The van der Waals surface area contributed by atoms with Crippen LogP contribution < -0.4 is 10.5 Å². The number of nitrogens with two attached hydrogens (primary N) is 1. The fourth-order valence-corrected chi connectivity index (χ4v) is 1.98. The van der Waals surface area contributed by atoms with Crippen LogP contribution in [0.1, 0.15) is 18.4 Å². The van der Waals surface area contributed by atoms with Crippen molar-refractivity contribution in [2.45, 2.75) is 25.3 Å². The lowest BCUT2D eigenvalue weighted by Crippen LogP contribution is -2.31. The molecule has 1 aromatic carbocycles. The van der Waals surface area contributed by atoms with Gasteiger partial charge in [0, 0.05) is 0 Å². The number of rotatable bonds is 10. The smallest absolute Gasteiger partial charge is 0.320 e. The predicted octanol–water partition coefficient (Wildman–Crippen LogP) is 1.47. The Kier molecular flexibility index (Phi) is 7.31. The first-order valence-corrected chi connectivity index (χ1v) is 6.93. The molecule has 1 aromatic rings. The Morgan fingerprint density at radius 1 is 1.14 bits per heavy atom. The molecular formula is C15H20FNO5. The van der Waals surface area contributed by atoms with Crippen LogP contribution in [0.4, 0.5) is 4.39 Å². The largest absolute Gasteiger partial charge is 0.491 e. The minimum Gasteiger partial charge on any atom is -0.491 e. The lowest BCUT2D eigenvalue weighted by Gasteiger charge is -2.14. The van der Waals surface area contributed by atoms with Crippen molar-refractivity contribution in [3.8, 4) is 5.75 Å². The molecule has 1 unspecified atom stereocenters. The maximum atomic E-state index is 12.0. The van der Waals surface area contributed by atoms with Crippen LogP contribution in [-0.2, 0) is 16.0 Å². The molecule has 0 saturated carbocycles. The first kappa shape index (κ1) is 17.9. The molecule has 22 heavy (non-hydrogen) atoms. The third-order valence-corrected chi connectivity index (χ3v) is 3.24. The van der Waals surface area contributed by atoms with Crippen LogP contribution >= 0.6 is 0 Å². The standard InChI is InChI=1S/C15H20FNO5/c16-7-8-22-12-4-1-10(2-5-12)9-11(14(18)19)3-6-13(17)15(20)21/h1-2,4-5,11,13H,3,6-9,17H2,(H,18,19)(H,20,21)/t11?,13-/m1/s1. The zero-order valence-electron chi connectivity index (χ0n) is 12.1. The van der Waals surface area contributed by atoms with E-state index in [1.54, 1.807) is 24.3 Å². The number of ether oxygens (including phenoxy) is 1. The fraction of sp³-hybridized carbons (Fsp3) is 0.467. The van der Waals surface area contributed by atoms with Gasteiger partial charge in [0.05, 0.1) is 5.92 Å². The van der Waals surface area contributed by atoms with Gasteiger partial charge in [-0.1, -0.05) is 12.1 Å². The number of aliphatic carboxylic acids is 2. The van der Waals surface area contributed by atoms with Crippen molar-refractivity contribution < 1.29 is 28.9 Å². The van der Waals surface area contributed by atoms with Crippen LogP contribution in [0, 0.1) is 5.92 Å². The Hall–Kier alpha value is -2.15. The van der Waals surface area contributed by atoms with Gasteiger partial charge in [-0.15, -0.1) is 0 Å². The molecule has 0 spiro atoms. The van der Waals surface area contributed by atoms with Gasteiger partial charge in [-0.25, -0.2) is 4.39 Å². The molecule has 0 amide bonds.